The standard InChI is InChI=1S/C14H19N3O/c1-2-17-9-5-6-11(17)10-15-14-16-12-7-3-4-8-13(12)18-14/h3-4,7-8,11H,2,5-6,9-10H2,1H3,(H,15,16). The van der Waals surface area contributed by atoms with E-state index < -0.39 is 0 Å². The Balaban J connectivity index is 1.66. The Hall–Kier alpha value is -1.55. The van der Waals surface area contributed by atoms with Gasteiger partial charge in [-0.1, -0.05) is 19.1 Å². The molecule has 3 rings (SSSR count). The fourth-order valence-electron chi connectivity index (χ4n) is 2.70. The van der Waals surface area contributed by atoms with Gasteiger partial charge in [-0.05, 0) is 38.1 Å². The van der Waals surface area contributed by atoms with Gasteiger partial charge in [0.1, 0.15) is 5.52 Å². The number of hydrogen-bond donors (Lipinski definition) is 1. The first-order valence-corrected chi connectivity index (χ1v) is 6.70. The number of anilines is 1. The number of oxazole rings is 1. The number of likely N-dealkylation sites (tertiary alicyclic amines) is 1. The van der Waals surface area contributed by atoms with Gasteiger partial charge < -0.3 is 9.73 Å². The lowest BCUT2D eigenvalue weighted by Gasteiger charge is -2.22. The summed E-state index contributed by atoms with van der Waals surface area (Å²) < 4.78 is 5.66. The molecule has 1 aromatic heterocycles. The van der Waals surface area contributed by atoms with Gasteiger partial charge in [-0.2, -0.15) is 4.98 Å². The van der Waals surface area contributed by atoms with Crippen molar-refractivity contribution in [3.05, 3.63) is 24.3 Å². The fourth-order valence-corrected chi connectivity index (χ4v) is 2.70. The number of benzene rings is 1. The molecule has 0 radical (unpaired) electrons. The van der Waals surface area contributed by atoms with Crippen LogP contribution in [0.1, 0.15) is 19.8 Å². The summed E-state index contributed by atoms with van der Waals surface area (Å²) in [6.07, 6.45) is 2.56. The number of likely N-dealkylation sites (N-methyl/N-ethyl adjacent to an activating group) is 1. The van der Waals surface area contributed by atoms with Crippen LogP contribution in [-0.2, 0) is 0 Å². The molecule has 0 bridgehead atoms. The number of hydrogen-bond acceptors (Lipinski definition) is 4. The number of nitrogens with zero attached hydrogens (tertiary/aromatic N) is 2. The van der Waals surface area contributed by atoms with Crippen LogP contribution in [0.25, 0.3) is 11.1 Å². The molecule has 96 valence electrons. The Bertz CT molecular complexity index is 489. The van der Waals surface area contributed by atoms with Gasteiger partial charge in [-0.15, -0.1) is 0 Å². The summed E-state index contributed by atoms with van der Waals surface area (Å²) in [7, 11) is 0. The number of rotatable bonds is 4. The van der Waals surface area contributed by atoms with Crippen molar-refractivity contribution in [3.63, 3.8) is 0 Å². The number of fused-ring (bicyclic) bond motifs is 1. The smallest absolute Gasteiger partial charge is 0.295 e. The van der Waals surface area contributed by atoms with Crippen molar-refractivity contribution in [1.82, 2.24) is 9.88 Å². The van der Waals surface area contributed by atoms with E-state index in [4.69, 9.17) is 4.42 Å². The molecule has 4 heteroatoms. The lowest BCUT2D eigenvalue weighted by atomic mass is 10.2. The molecule has 18 heavy (non-hydrogen) atoms. The second-order valence-corrected chi connectivity index (χ2v) is 4.79. The summed E-state index contributed by atoms with van der Waals surface area (Å²) >= 11 is 0. The van der Waals surface area contributed by atoms with Crippen molar-refractivity contribution < 1.29 is 4.42 Å². The molecule has 1 atom stereocenters. The van der Waals surface area contributed by atoms with Crippen molar-refractivity contribution in [2.24, 2.45) is 0 Å². The summed E-state index contributed by atoms with van der Waals surface area (Å²) in [4.78, 5) is 6.94. The van der Waals surface area contributed by atoms with Crippen LogP contribution in [-0.4, -0.2) is 35.6 Å². The predicted molar refractivity (Wildman–Crippen MR) is 72.8 cm³/mol. The summed E-state index contributed by atoms with van der Waals surface area (Å²) in [5.41, 5.74) is 1.76. The minimum absolute atomic E-state index is 0.616. The predicted octanol–water partition coefficient (Wildman–Crippen LogP) is 2.72. The van der Waals surface area contributed by atoms with Crippen LogP contribution in [0.4, 0.5) is 6.01 Å². The molecule has 1 fully saturated rings. The monoisotopic (exact) mass is 245 g/mol. The molecule has 4 nitrogen and oxygen atoms in total. The topological polar surface area (TPSA) is 41.3 Å². The molecule has 1 aliphatic heterocycles. The van der Waals surface area contributed by atoms with Crippen molar-refractivity contribution >= 4 is 17.1 Å². The zero-order valence-corrected chi connectivity index (χ0v) is 10.7. The van der Waals surface area contributed by atoms with E-state index >= 15 is 0 Å². The highest BCUT2D eigenvalue weighted by Crippen LogP contribution is 2.20. The average Bonchev–Trinajstić information content (AvgIpc) is 3.01. The van der Waals surface area contributed by atoms with Crippen LogP contribution in [0.3, 0.4) is 0 Å². The van der Waals surface area contributed by atoms with E-state index in [1.807, 2.05) is 24.3 Å². The molecular weight excluding hydrogens is 226 g/mol. The molecule has 1 unspecified atom stereocenters. The Morgan fingerprint density at radius 1 is 1.44 bits per heavy atom. The molecule has 1 saturated heterocycles. The third-order valence-corrected chi connectivity index (χ3v) is 3.69. The first kappa shape index (κ1) is 11.5. The molecule has 1 aromatic carbocycles. The summed E-state index contributed by atoms with van der Waals surface area (Å²) in [5.74, 6) is 0. The summed E-state index contributed by atoms with van der Waals surface area (Å²) in [5, 5.41) is 3.32. The second-order valence-electron chi connectivity index (χ2n) is 4.79. The zero-order chi connectivity index (χ0) is 12.4. The van der Waals surface area contributed by atoms with Crippen LogP contribution in [0.15, 0.2) is 28.7 Å². The van der Waals surface area contributed by atoms with E-state index in [1.54, 1.807) is 0 Å². The highest BCUT2D eigenvalue weighted by atomic mass is 16.4. The first-order chi connectivity index (χ1) is 8.86. The maximum Gasteiger partial charge on any atom is 0.295 e. The normalized spacial score (nSPS) is 20.6. The van der Waals surface area contributed by atoms with Gasteiger partial charge in [-0.25, -0.2) is 0 Å². The van der Waals surface area contributed by atoms with Gasteiger partial charge in [0.25, 0.3) is 6.01 Å². The number of nitrogens with one attached hydrogen (secondary N) is 1. The van der Waals surface area contributed by atoms with Crippen LogP contribution in [0.2, 0.25) is 0 Å². The van der Waals surface area contributed by atoms with E-state index in [2.05, 4.69) is 22.1 Å². The maximum atomic E-state index is 5.66. The van der Waals surface area contributed by atoms with E-state index in [9.17, 15) is 0 Å². The van der Waals surface area contributed by atoms with Gasteiger partial charge >= 0.3 is 0 Å². The highest BCUT2D eigenvalue weighted by molar-refractivity contribution is 5.74. The van der Waals surface area contributed by atoms with Crippen LogP contribution >= 0.6 is 0 Å². The third kappa shape index (κ3) is 2.20. The third-order valence-electron chi connectivity index (χ3n) is 3.69. The Kier molecular flexibility index (Phi) is 3.19. The fraction of sp³-hybridized carbons (Fsp3) is 0.500. The minimum atomic E-state index is 0.616. The average molecular weight is 245 g/mol. The Morgan fingerprint density at radius 2 is 2.33 bits per heavy atom. The molecule has 0 aliphatic carbocycles. The largest absolute Gasteiger partial charge is 0.424 e. The number of para-hydroxylation sites is 2. The highest BCUT2D eigenvalue weighted by Gasteiger charge is 2.22. The van der Waals surface area contributed by atoms with Crippen molar-refractivity contribution in [3.8, 4) is 0 Å². The van der Waals surface area contributed by atoms with E-state index in [-0.39, 0.29) is 0 Å². The SMILES string of the molecule is CCN1CCCC1CNc1nc2ccccc2o1. The minimum Gasteiger partial charge on any atom is -0.424 e. The zero-order valence-electron chi connectivity index (χ0n) is 10.7. The molecule has 2 aromatic rings. The molecule has 0 spiro atoms. The van der Waals surface area contributed by atoms with Gasteiger partial charge in [0.2, 0.25) is 0 Å². The summed E-state index contributed by atoms with van der Waals surface area (Å²) in [6, 6.07) is 9.11. The Labute approximate surface area is 107 Å². The van der Waals surface area contributed by atoms with Crippen molar-refractivity contribution in [2.45, 2.75) is 25.8 Å². The molecule has 2 heterocycles. The van der Waals surface area contributed by atoms with Gasteiger partial charge in [0.05, 0.1) is 0 Å². The van der Waals surface area contributed by atoms with E-state index in [0.29, 0.717) is 12.1 Å². The molecule has 0 saturated carbocycles. The van der Waals surface area contributed by atoms with Crippen molar-refractivity contribution in [1.29, 1.82) is 0 Å². The molecule has 1 N–H and O–H groups in total. The molecular formula is C14H19N3O. The van der Waals surface area contributed by atoms with Crippen LogP contribution in [0, 0.1) is 0 Å². The lowest BCUT2D eigenvalue weighted by molar-refractivity contribution is 0.276. The van der Waals surface area contributed by atoms with Crippen LogP contribution < -0.4 is 5.32 Å². The maximum absolute atomic E-state index is 5.66. The molecule has 0 amide bonds. The summed E-state index contributed by atoms with van der Waals surface area (Å²) in [6.45, 7) is 5.48. The van der Waals surface area contributed by atoms with Crippen molar-refractivity contribution in [2.75, 3.05) is 25.0 Å². The Morgan fingerprint density at radius 3 is 3.17 bits per heavy atom. The molecule has 1 aliphatic rings. The van der Waals surface area contributed by atoms with E-state index in [1.165, 1.54) is 19.4 Å². The van der Waals surface area contributed by atoms with Gasteiger partial charge in [0, 0.05) is 12.6 Å². The first-order valence-electron chi connectivity index (χ1n) is 6.70. The van der Waals surface area contributed by atoms with Crippen LogP contribution in [0.5, 0.6) is 0 Å². The van der Waals surface area contributed by atoms with Gasteiger partial charge in [-0.3, -0.25) is 4.90 Å². The van der Waals surface area contributed by atoms with Gasteiger partial charge in [0.15, 0.2) is 5.58 Å². The quantitative estimate of drug-likeness (QED) is 0.899. The lowest BCUT2D eigenvalue weighted by Crippen LogP contribution is -2.34. The second kappa shape index (κ2) is 4.98. The number of aromatic nitrogens is 1. The van der Waals surface area contributed by atoms with E-state index in [0.717, 1.165) is 24.2 Å².